The quantitative estimate of drug-likeness (QED) is 0.837. The number of hydrogen-bond donors (Lipinski definition) is 2. The van der Waals surface area contributed by atoms with Gasteiger partial charge in [-0.2, -0.15) is 0 Å². The van der Waals surface area contributed by atoms with E-state index >= 15 is 0 Å². The molecule has 0 bridgehead atoms. The Morgan fingerprint density at radius 3 is 2.71 bits per heavy atom. The summed E-state index contributed by atoms with van der Waals surface area (Å²) in [5.74, 6) is 1.65. The van der Waals surface area contributed by atoms with Gasteiger partial charge in [0.05, 0.1) is 12.2 Å². The van der Waals surface area contributed by atoms with Crippen LogP contribution < -0.4 is 10.6 Å². The lowest BCUT2D eigenvalue weighted by molar-refractivity contribution is -0.136. The number of hydrogen-bond acceptors (Lipinski definition) is 3. The fourth-order valence-electron chi connectivity index (χ4n) is 5.31. The van der Waals surface area contributed by atoms with Crippen molar-refractivity contribution >= 4 is 11.9 Å². The third kappa shape index (κ3) is 4.65. The van der Waals surface area contributed by atoms with Crippen molar-refractivity contribution in [3.05, 3.63) is 30.1 Å². The van der Waals surface area contributed by atoms with E-state index in [1.54, 1.807) is 6.20 Å². The number of fused-ring (bicyclic) bond motifs is 1. The molecular weight excluding hydrogens is 352 g/mol. The summed E-state index contributed by atoms with van der Waals surface area (Å²) < 4.78 is 0. The Kier molecular flexibility index (Phi) is 6.13. The van der Waals surface area contributed by atoms with Gasteiger partial charge in [-0.15, -0.1) is 0 Å². The Morgan fingerprint density at radius 2 is 1.89 bits per heavy atom. The SMILES string of the molecule is O=C(NC1CCC2CCCCC2C1)NC1CCCN(Cc2ccccn2)C1=O. The number of likely N-dealkylation sites (tertiary alicyclic amines) is 1. The highest BCUT2D eigenvalue weighted by Crippen LogP contribution is 2.40. The zero-order valence-corrected chi connectivity index (χ0v) is 16.6. The van der Waals surface area contributed by atoms with Crippen LogP contribution in [0.5, 0.6) is 0 Å². The molecule has 1 saturated heterocycles. The maximum absolute atomic E-state index is 12.8. The standard InChI is InChI=1S/C22H32N4O2/c27-21-20(9-5-13-26(21)15-19-8-3-4-12-23-19)25-22(28)24-18-11-10-16-6-1-2-7-17(16)14-18/h3-4,8,12,16-18,20H,1-2,5-7,9-11,13-15H2,(H2,24,25,28). The first kappa shape index (κ1) is 19.2. The molecule has 1 aromatic rings. The molecule has 0 aromatic carbocycles. The molecule has 1 aromatic heterocycles. The monoisotopic (exact) mass is 384 g/mol. The minimum Gasteiger partial charge on any atom is -0.335 e. The second-order valence-electron chi connectivity index (χ2n) is 8.71. The van der Waals surface area contributed by atoms with Gasteiger partial charge in [0.2, 0.25) is 5.91 Å². The van der Waals surface area contributed by atoms with Crippen LogP contribution in [0.15, 0.2) is 24.4 Å². The molecule has 1 aliphatic heterocycles. The van der Waals surface area contributed by atoms with Crippen LogP contribution in [-0.4, -0.2) is 40.5 Å². The number of nitrogens with zero attached hydrogens (tertiary/aromatic N) is 2. The summed E-state index contributed by atoms with van der Waals surface area (Å²) >= 11 is 0. The van der Waals surface area contributed by atoms with E-state index < -0.39 is 6.04 Å². The van der Waals surface area contributed by atoms with Crippen LogP contribution in [0.25, 0.3) is 0 Å². The molecule has 2 saturated carbocycles. The molecule has 28 heavy (non-hydrogen) atoms. The summed E-state index contributed by atoms with van der Waals surface area (Å²) in [6.07, 6.45) is 12.1. The first-order valence-electron chi connectivity index (χ1n) is 10.9. The maximum atomic E-state index is 12.8. The topological polar surface area (TPSA) is 74.3 Å². The van der Waals surface area contributed by atoms with Gasteiger partial charge in [0, 0.05) is 18.8 Å². The van der Waals surface area contributed by atoms with E-state index in [4.69, 9.17) is 0 Å². The van der Waals surface area contributed by atoms with Gasteiger partial charge in [-0.05, 0) is 56.1 Å². The predicted molar refractivity (Wildman–Crippen MR) is 107 cm³/mol. The number of rotatable bonds is 4. The lowest BCUT2D eigenvalue weighted by Gasteiger charge is -2.39. The lowest BCUT2D eigenvalue weighted by Crippen LogP contribution is -2.55. The third-order valence-corrected chi connectivity index (χ3v) is 6.79. The van der Waals surface area contributed by atoms with Crippen molar-refractivity contribution in [2.75, 3.05) is 6.54 Å². The summed E-state index contributed by atoms with van der Waals surface area (Å²) in [5, 5.41) is 6.09. The number of urea groups is 1. The summed E-state index contributed by atoms with van der Waals surface area (Å²) in [4.78, 5) is 31.5. The van der Waals surface area contributed by atoms with Gasteiger partial charge in [-0.1, -0.05) is 31.7 Å². The van der Waals surface area contributed by atoms with Crippen LogP contribution in [-0.2, 0) is 11.3 Å². The van der Waals surface area contributed by atoms with E-state index in [0.717, 1.165) is 43.3 Å². The highest BCUT2D eigenvalue weighted by molar-refractivity contribution is 5.87. The zero-order chi connectivity index (χ0) is 19.3. The Morgan fingerprint density at radius 1 is 1.04 bits per heavy atom. The summed E-state index contributed by atoms with van der Waals surface area (Å²) in [6, 6.07) is 5.37. The number of nitrogens with one attached hydrogen (secondary N) is 2. The van der Waals surface area contributed by atoms with Crippen molar-refractivity contribution in [3.8, 4) is 0 Å². The van der Waals surface area contributed by atoms with Crippen molar-refractivity contribution in [1.82, 2.24) is 20.5 Å². The third-order valence-electron chi connectivity index (χ3n) is 6.79. The van der Waals surface area contributed by atoms with Crippen molar-refractivity contribution in [1.29, 1.82) is 0 Å². The summed E-state index contributed by atoms with van der Waals surface area (Å²) in [6.45, 7) is 1.23. The zero-order valence-electron chi connectivity index (χ0n) is 16.6. The van der Waals surface area contributed by atoms with Gasteiger partial charge in [0.25, 0.3) is 0 Å². The van der Waals surface area contributed by atoms with Gasteiger partial charge in [-0.3, -0.25) is 9.78 Å². The second-order valence-corrected chi connectivity index (χ2v) is 8.71. The lowest BCUT2D eigenvalue weighted by atomic mass is 9.69. The molecule has 4 rings (SSSR count). The van der Waals surface area contributed by atoms with Crippen LogP contribution >= 0.6 is 0 Å². The highest BCUT2D eigenvalue weighted by atomic mass is 16.2. The molecule has 152 valence electrons. The van der Waals surface area contributed by atoms with Crippen LogP contribution in [0.4, 0.5) is 4.79 Å². The molecule has 2 N–H and O–H groups in total. The summed E-state index contributed by atoms with van der Waals surface area (Å²) in [5.41, 5.74) is 0.880. The van der Waals surface area contributed by atoms with E-state index in [9.17, 15) is 9.59 Å². The van der Waals surface area contributed by atoms with Crippen LogP contribution in [0, 0.1) is 11.8 Å². The number of aromatic nitrogens is 1. The smallest absolute Gasteiger partial charge is 0.315 e. The average molecular weight is 385 g/mol. The van der Waals surface area contributed by atoms with Gasteiger partial charge in [0.15, 0.2) is 0 Å². The van der Waals surface area contributed by atoms with Gasteiger partial charge in [-0.25, -0.2) is 4.79 Å². The van der Waals surface area contributed by atoms with Crippen molar-refractivity contribution in [3.63, 3.8) is 0 Å². The first-order valence-corrected chi connectivity index (χ1v) is 10.9. The second kappa shape index (κ2) is 8.93. The fourth-order valence-corrected chi connectivity index (χ4v) is 5.31. The summed E-state index contributed by atoms with van der Waals surface area (Å²) in [7, 11) is 0. The van der Waals surface area contributed by atoms with Crippen LogP contribution in [0.1, 0.15) is 63.5 Å². The number of piperidine rings is 1. The molecule has 3 amide bonds. The van der Waals surface area contributed by atoms with E-state index in [1.807, 2.05) is 23.1 Å². The molecule has 2 aliphatic carbocycles. The Hall–Kier alpha value is -2.11. The van der Waals surface area contributed by atoms with E-state index in [-0.39, 0.29) is 18.0 Å². The molecule has 3 aliphatic rings. The van der Waals surface area contributed by atoms with E-state index in [1.165, 1.54) is 32.1 Å². The number of amides is 3. The van der Waals surface area contributed by atoms with Crippen molar-refractivity contribution in [2.45, 2.75) is 76.4 Å². The van der Waals surface area contributed by atoms with Crippen molar-refractivity contribution in [2.24, 2.45) is 11.8 Å². The van der Waals surface area contributed by atoms with Gasteiger partial charge in [0.1, 0.15) is 6.04 Å². The fraction of sp³-hybridized carbons (Fsp3) is 0.682. The van der Waals surface area contributed by atoms with E-state index in [2.05, 4.69) is 15.6 Å². The molecule has 6 nitrogen and oxygen atoms in total. The molecule has 3 fully saturated rings. The number of carbonyl (C=O) groups excluding carboxylic acids is 2. The molecule has 0 radical (unpaired) electrons. The average Bonchev–Trinajstić information content (AvgIpc) is 2.72. The predicted octanol–water partition coefficient (Wildman–Crippen LogP) is 3.23. The minimum atomic E-state index is -0.427. The molecule has 6 heteroatoms. The Balaban J connectivity index is 1.27. The van der Waals surface area contributed by atoms with E-state index in [0.29, 0.717) is 13.0 Å². The Bertz CT molecular complexity index is 680. The minimum absolute atomic E-state index is 0.00282. The van der Waals surface area contributed by atoms with Gasteiger partial charge >= 0.3 is 6.03 Å². The van der Waals surface area contributed by atoms with Crippen molar-refractivity contribution < 1.29 is 9.59 Å². The molecule has 4 unspecified atom stereocenters. The maximum Gasteiger partial charge on any atom is 0.315 e. The normalized spacial score (nSPS) is 30.4. The first-order chi connectivity index (χ1) is 13.7. The molecular formula is C22H32N4O2. The number of pyridine rings is 1. The Labute approximate surface area is 167 Å². The highest BCUT2D eigenvalue weighted by Gasteiger charge is 2.34. The molecule has 0 spiro atoms. The van der Waals surface area contributed by atoms with Crippen LogP contribution in [0.3, 0.4) is 0 Å². The van der Waals surface area contributed by atoms with Crippen LogP contribution in [0.2, 0.25) is 0 Å². The number of carbonyl (C=O) groups is 2. The van der Waals surface area contributed by atoms with Gasteiger partial charge < -0.3 is 15.5 Å². The largest absolute Gasteiger partial charge is 0.335 e. The molecule has 2 heterocycles. The molecule has 4 atom stereocenters.